The Morgan fingerprint density at radius 2 is 2.00 bits per heavy atom. The minimum absolute atomic E-state index is 0.0576. The molecule has 0 spiro atoms. The van der Waals surface area contributed by atoms with Gasteiger partial charge in [-0.15, -0.1) is 0 Å². The van der Waals surface area contributed by atoms with Crippen LogP contribution in [0.1, 0.15) is 38.7 Å². The van der Waals surface area contributed by atoms with E-state index in [9.17, 15) is 4.79 Å². The molecule has 18 heavy (non-hydrogen) atoms. The highest BCUT2D eigenvalue weighted by atomic mass is 79.9. The highest BCUT2D eigenvalue weighted by Crippen LogP contribution is 2.40. The fourth-order valence-electron chi connectivity index (χ4n) is 1.74. The van der Waals surface area contributed by atoms with Gasteiger partial charge in [-0.2, -0.15) is 0 Å². The van der Waals surface area contributed by atoms with Crippen LogP contribution in [-0.2, 0) is 4.79 Å². The van der Waals surface area contributed by atoms with Gasteiger partial charge in [0.25, 0.3) is 0 Å². The molecule has 0 heterocycles. The third-order valence-corrected chi connectivity index (χ3v) is 3.06. The molecule has 3 nitrogen and oxygen atoms in total. The summed E-state index contributed by atoms with van der Waals surface area (Å²) >= 11 is 3.45. The van der Waals surface area contributed by atoms with Crippen molar-refractivity contribution in [2.45, 2.75) is 39.2 Å². The van der Waals surface area contributed by atoms with E-state index in [1.54, 1.807) is 7.11 Å². The summed E-state index contributed by atoms with van der Waals surface area (Å²) in [5.74, 6) is 1.51. The maximum atomic E-state index is 10.7. The van der Waals surface area contributed by atoms with Gasteiger partial charge >= 0.3 is 0 Å². The summed E-state index contributed by atoms with van der Waals surface area (Å²) in [6, 6.07) is 3.85. The number of methoxy groups -OCH3 is 1. The second kappa shape index (κ2) is 6.78. The molecule has 1 atom stereocenters. The zero-order valence-electron chi connectivity index (χ0n) is 11.2. The van der Waals surface area contributed by atoms with Gasteiger partial charge in [-0.1, -0.05) is 22.9 Å². The lowest BCUT2D eigenvalue weighted by Gasteiger charge is -2.20. The Morgan fingerprint density at radius 3 is 2.50 bits per heavy atom. The van der Waals surface area contributed by atoms with E-state index in [0.29, 0.717) is 12.2 Å². The van der Waals surface area contributed by atoms with Gasteiger partial charge in [0, 0.05) is 16.5 Å². The van der Waals surface area contributed by atoms with E-state index >= 15 is 0 Å². The zero-order chi connectivity index (χ0) is 13.7. The molecule has 0 aliphatic carbocycles. The molecule has 0 aromatic heterocycles. The molecule has 0 fully saturated rings. The number of halogens is 1. The van der Waals surface area contributed by atoms with E-state index in [4.69, 9.17) is 9.47 Å². The van der Waals surface area contributed by atoms with Crippen molar-refractivity contribution in [1.29, 1.82) is 0 Å². The average Bonchev–Trinajstić information content (AvgIpc) is 2.30. The van der Waals surface area contributed by atoms with Crippen molar-refractivity contribution in [1.82, 2.24) is 0 Å². The van der Waals surface area contributed by atoms with Crippen LogP contribution >= 0.6 is 15.9 Å². The number of ether oxygens (including phenoxy) is 2. The Kier molecular flexibility index (Phi) is 5.66. The van der Waals surface area contributed by atoms with Crippen LogP contribution in [0.15, 0.2) is 16.6 Å². The number of benzene rings is 1. The summed E-state index contributed by atoms with van der Waals surface area (Å²) in [7, 11) is 1.61. The van der Waals surface area contributed by atoms with Crippen LogP contribution in [0.3, 0.4) is 0 Å². The first-order valence-corrected chi connectivity index (χ1v) is 6.76. The summed E-state index contributed by atoms with van der Waals surface area (Å²) in [4.78, 5) is 10.7. The Balaban J connectivity index is 3.26. The molecule has 100 valence electrons. The fourth-order valence-corrected chi connectivity index (χ4v) is 2.19. The summed E-state index contributed by atoms with van der Waals surface area (Å²) < 4.78 is 12.1. The van der Waals surface area contributed by atoms with E-state index in [1.165, 1.54) is 0 Å². The largest absolute Gasteiger partial charge is 0.493 e. The zero-order valence-corrected chi connectivity index (χ0v) is 12.8. The molecule has 0 N–H and O–H groups in total. The summed E-state index contributed by atoms with van der Waals surface area (Å²) in [5, 5.41) is 0. The number of hydrogen-bond acceptors (Lipinski definition) is 3. The van der Waals surface area contributed by atoms with Crippen molar-refractivity contribution in [3.05, 3.63) is 22.2 Å². The lowest BCUT2D eigenvalue weighted by atomic mass is 9.97. The van der Waals surface area contributed by atoms with Crippen LogP contribution in [0.25, 0.3) is 0 Å². The Labute approximate surface area is 117 Å². The van der Waals surface area contributed by atoms with Crippen LogP contribution in [-0.4, -0.2) is 19.5 Å². The van der Waals surface area contributed by atoms with Gasteiger partial charge in [0.15, 0.2) is 11.5 Å². The van der Waals surface area contributed by atoms with Crippen LogP contribution in [0.5, 0.6) is 11.5 Å². The van der Waals surface area contributed by atoms with Gasteiger partial charge in [0.2, 0.25) is 0 Å². The van der Waals surface area contributed by atoms with Gasteiger partial charge in [-0.3, -0.25) is 0 Å². The number of carbonyl (C=O) groups is 1. The predicted molar refractivity (Wildman–Crippen MR) is 75.6 cm³/mol. The first-order chi connectivity index (χ1) is 8.49. The van der Waals surface area contributed by atoms with Gasteiger partial charge < -0.3 is 14.3 Å². The maximum Gasteiger partial charge on any atom is 0.165 e. The van der Waals surface area contributed by atoms with Gasteiger partial charge in [0.1, 0.15) is 6.29 Å². The standard InChI is InChI=1S/C14H19BrO3/c1-9(2)18-14-12(10(3)5-6-16)7-11(15)8-13(14)17-4/h6-10H,5H2,1-4H3. The van der Waals surface area contributed by atoms with Crippen molar-refractivity contribution < 1.29 is 14.3 Å². The molecule has 0 saturated carbocycles. The summed E-state index contributed by atoms with van der Waals surface area (Å²) in [6.45, 7) is 5.94. The number of hydrogen-bond donors (Lipinski definition) is 0. The van der Waals surface area contributed by atoms with E-state index in [0.717, 1.165) is 22.1 Å². The quantitative estimate of drug-likeness (QED) is 0.746. The van der Waals surface area contributed by atoms with Crippen molar-refractivity contribution in [2.75, 3.05) is 7.11 Å². The lowest BCUT2D eigenvalue weighted by molar-refractivity contribution is -0.108. The molecule has 1 aromatic carbocycles. The van der Waals surface area contributed by atoms with Crippen LogP contribution in [0, 0.1) is 0 Å². The molecule has 0 aliphatic heterocycles. The molecule has 1 aromatic rings. The highest BCUT2D eigenvalue weighted by Gasteiger charge is 2.18. The van der Waals surface area contributed by atoms with Crippen molar-refractivity contribution in [3.63, 3.8) is 0 Å². The molecular formula is C14H19BrO3. The second-order valence-corrected chi connectivity index (χ2v) is 5.41. The third kappa shape index (κ3) is 3.73. The monoisotopic (exact) mass is 314 g/mol. The normalized spacial score (nSPS) is 12.3. The molecule has 0 aliphatic rings. The molecule has 1 rings (SSSR count). The van der Waals surface area contributed by atoms with Crippen LogP contribution < -0.4 is 9.47 Å². The average molecular weight is 315 g/mol. The Bertz CT molecular complexity index is 416. The Hall–Kier alpha value is -1.03. The first kappa shape index (κ1) is 15.0. The lowest BCUT2D eigenvalue weighted by Crippen LogP contribution is -2.10. The predicted octanol–water partition coefficient (Wildman–Crippen LogP) is 3.94. The van der Waals surface area contributed by atoms with Gasteiger partial charge in [0.05, 0.1) is 13.2 Å². The number of carbonyl (C=O) groups excluding carboxylic acids is 1. The second-order valence-electron chi connectivity index (χ2n) is 4.50. The van der Waals surface area contributed by atoms with Gasteiger partial charge in [-0.25, -0.2) is 0 Å². The van der Waals surface area contributed by atoms with Crippen LogP contribution in [0.2, 0.25) is 0 Å². The molecule has 0 saturated heterocycles. The minimum atomic E-state index is 0.0576. The van der Waals surface area contributed by atoms with Crippen molar-refractivity contribution in [3.8, 4) is 11.5 Å². The summed E-state index contributed by atoms with van der Waals surface area (Å²) in [5.41, 5.74) is 0.988. The van der Waals surface area contributed by atoms with E-state index < -0.39 is 0 Å². The smallest absolute Gasteiger partial charge is 0.165 e. The minimum Gasteiger partial charge on any atom is -0.493 e. The third-order valence-electron chi connectivity index (χ3n) is 2.60. The molecule has 1 unspecified atom stereocenters. The number of rotatable bonds is 6. The molecule has 0 amide bonds. The molecular weight excluding hydrogens is 296 g/mol. The summed E-state index contributed by atoms with van der Waals surface area (Å²) in [6.07, 6.45) is 1.45. The Morgan fingerprint density at radius 1 is 1.33 bits per heavy atom. The highest BCUT2D eigenvalue weighted by molar-refractivity contribution is 9.10. The molecule has 4 heteroatoms. The van der Waals surface area contributed by atoms with Crippen molar-refractivity contribution >= 4 is 22.2 Å². The van der Waals surface area contributed by atoms with E-state index in [-0.39, 0.29) is 12.0 Å². The number of aldehydes is 1. The topological polar surface area (TPSA) is 35.5 Å². The van der Waals surface area contributed by atoms with Gasteiger partial charge in [-0.05, 0) is 31.9 Å². The van der Waals surface area contributed by atoms with E-state index in [2.05, 4.69) is 15.9 Å². The maximum absolute atomic E-state index is 10.7. The first-order valence-electron chi connectivity index (χ1n) is 5.97. The van der Waals surface area contributed by atoms with Crippen LogP contribution in [0.4, 0.5) is 0 Å². The van der Waals surface area contributed by atoms with E-state index in [1.807, 2.05) is 32.9 Å². The van der Waals surface area contributed by atoms with Crippen molar-refractivity contribution in [2.24, 2.45) is 0 Å². The SMILES string of the molecule is COc1cc(Br)cc(C(C)CC=O)c1OC(C)C. The fraction of sp³-hybridized carbons (Fsp3) is 0.500. The molecule has 0 radical (unpaired) electrons. The molecule has 0 bridgehead atoms.